The standard InChI is InChI=1S/C19H30O3/c1-18-7-5-12(20)9-11(18)10-15(21)17-13-3-4-16(22)19(13,2)8-6-14(17)18/h9,12-17,20-22H,3-8,10H2,1-2H3/t12-,13-,14-,15-,16+,17-,18-,19-/m0/s1. The molecule has 0 amide bonds. The Labute approximate surface area is 133 Å². The SMILES string of the molecule is C[C@]12CC[C@H]3[C@@H]([C@@H](O)CC4=C[C@@H](O)CC[C@@]43C)[C@@H]1CC[C@H]2O. The van der Waals surface area contributed by atoms with Crippen molar-refractivity contribution in [3.63, 3.8) is 0 Å². The third kappa shape index (κ3) is 1.85. The summed E-state index contributed by atoms with van der Waals surface area (Å²) in [6, 6.07) is 0. The first kappa shape index (κ1) is 15.2. The van der Waals surface area contributed by atoms with Gasteiger partial charge >= 0.3 is 0 Å². The van der Waals surface area contributed by atoms with Crippen LogP contribution < -0.4 is 0 Å². The van der Waals surface area contributed by atoms with Gasteiger partial charge in [-0.05, 0) is 73.5 Å². The highest BCUT2D eigenvalue weighted by molar-refractivity contribution is 5.27. The molecule has 3 fully saturated rings. The summed E-state index contributed by atoms with van der Waals surface area (Å²) >= 11 is 0. The van der Waals surface area contributed by atoms with Crippen LogP contribution in [0.2, 0.25) is 0 Å². The minimum absolute atomic E-state index is 0.00784. The van der Waals surface area contributed by atoms with Gasteiger partial charge in [-0.25, -0.2) is 0 Å². The van der Waals surface area contributed by atoms with Crippen molar-refractivity contribution in [3.8, 4) is 0 Å². The topological polar surface area (TPSA) is 60.7 Å². The maximum absolute atomic E-state index is 10.9. The van der Waals surface area contributed by atoms with Crippen LogP contribution in [0.25, 0.3) is 0 Å². The quantitative estimate of drug-likeness (QED) is 0.603. The zero-order chi connectivity index (χ0) is 15.7. The molecular weight excluding hydrogens is 276 g/mol. The van der Waals surface area contributed by atoms with Crippen molar-refractivity contribution in [3.05, 3.63) is 11.6 Å². The number of hydrogen-bond acceptors (Lipinski definition) is 3. The maximum atomic E-state index is 10.9. The van der Waals surface area contributed by atoms with E-state index in [-0.39, 0.29) is 29.1 Å². The smallest absolute Gasteiger partial charge is 0.0724 e. The predicted octanol–water partition coefficient (Wildman–Crippen LogP) is 2.64. The minimum Gasteiger partial charge on any atom is -0.393 e. The van der Waals surface area contributed by atoms with Crippen molar-refractivity contribution in [1.29, 1.82) is 0 Å². The lowest BCUT2D eigenvalue weighted by Gasteiger charge is -2.59. The van der Waals surface area contributed by atoms with Crippen molar-refractivity contribution in [2.24, 2.45) is 28.6 Å². The number of aliphatic hydroxyl groups excluding tert-OH is 3. The molecule has 0 aromatic heterocycles. The lowest BCUT2D eigenvalue weighted by atomic mass is 9.46. The molecule has 0 unspecified atom stereocenters. The number of fused-ring (bicyclic) bond motifs is 5. The molecule has 0 aliphatic heterocycles. The molecule has 22 heavy (non-hydrogen) atoms. The van der Waals surface area contributed by atoms with E-state index in [1.165, 1.54) is 5.57 Å². The first-order valence-corrected chi connectivity index (χ1v) is 9.11. The number of rotatable bonds is 0. The van der Waals surface area contributed by atoms with Gasteiger partial charge in [-0.15, -0.1) is 0 Å². The Morgan fingerprint density at radius 1 is 0.955 bits per heavy atom. The Morgan fingerprint density at radius 2 is 1.73 bits per heavy atom. The van der Waals surface area contributed by atoms with Gasteiger partial charge in [0.1, 0.15) is 0 Å². The first-order valence-electron chi connectivity index (χ1n) is 9.11. The molecule has 0 radical (unpaired) electrons. The molecule has 3 nitrogen and oxygen atoms in total. The fourth-order valence-electron chi connectivity index (χ4n) is 6.65. The van der Waals surface area contributed by atoms with E-state index in [1.807, 2.05) is 6.08 Å². The molecule has 3 heteroatoms. The van der Waals surface area contributed by atoms with Crippen LogP contribution in [-0.2, 0) is 0 Å². The van der Waals surface area contributed by atoms with Crippen LogP contribution in [0.5, 0.6) is 0 Å². The Kier molecular flexibility index (Phi) is 3.32. The van der Waals surface area contributed by atoms with E-state index in [1.54, 1.807) is 0 Å². The maximum Gasteiger partial charge on any atom is 0.0724 e. The molecule has 4 rings (SSSR count). The molecule has 3 N–H and O–H groups in total. The Balaban J connectivity index is 1.72. The fraction of sp³-hybridized carbons (Fsp3) is 0.895. The molecule has 0 aromatic rings. The lowest BCUT2D eigenvalue weighted by molar-refractivity contribution is -0.121. The Morgan fingerprint density at radius 3 is 2.50 bits per heavy atom. The molecule has 0 saturated heterocycles. The summed E-state index contributed by atoms with van der Waals surface area (Å²) in [6.07, 6.45) is 7.97. The third-order valence-electron chi connectivity index (χ3n) is 8.06. The van der Waals surface area contributed by atoms with E-state index in [2.05, 4.69) is 13.8 Å². The third-order valence-corrected chi connectivity index (χ3v) is 8.06. The molecule has 8 atom stereocenters. The van der Waals surface area contributed by atoms with Crippen LogP contribution in [0.1, 0.15) is 58.8 Å². The minimum atomic E-state index is -0.325. The van der Waals surface area contributed by atoms with Gasteiger partial charge in [-0.3, -0.25) is 0 Å². The van der Waals surface area contributed by atoms with E-state index >= 15 is 0 Å². The van der Waals surface area contributed by atoms with Gasteiger partial charge in [0, 0.05) is 0 Å². The monoisotopic (exact) mass is 306 g/mol. The van der Waals surface area contributed by atoms with Crippen LogP contribution in [0.4, 0.5) is 0 Å². The summed E-state index contributed by atoms with van der Waals surface area (Å²) in [4.78, 5) is 0. The second-order valence-electron chi connectivity index (χ2n) is 8.91. The highest BCUT2D eigenvalue weighted by Gasteiger charge is 2.61. The summed E-state index contributed by atoms with van der Waals surface area (Å²) < 4.78 is 0. The van der Waals surface area contributed by atoms with E-state index in [0.717, 1.165) is 44.9 Å². The van der Waals surface area contributed by atoms with Gasteiger partial charge in [0.15, 0.2) is 0 Å². The van der Waals surface area contributed by atoms with Crippen LogP contribution in [0.3, 0.4) is 0 Å². The van der Waals surface area contributed by atoms with Crippen molar-refractivity contribution >= 4 is 0 Å². The van der Waals surface area contributed by atoms with Gasteiger partial charge in [0.25, 0.3) is 0 Å². The van der Waals surface area contributed by atoms with Crippen LogP contribution >= 0.6 is 0 Å². The Hall–Kier alpha value is -0.380. The average Bonchev–Trinajstić information content (AvgIpc) is 2.77. The summed E-state index contributed by atoms with van der Waals surface area (Å²) in [6.45, 7) is 4.61. The van der Waals surface area contributed by atoms with Crippen molar-refractivity contribution in [2.75, 3.05) is 0 Å². The molecule has 0 heterocycles. The first-order chi connectivity index (χ1) is 10.4. The van der Waals surface area contributed by atoms with E-state index in [0.29, 0.717) is 17.8 Å². The predicted molar refractivity (Wildman–Crippen MR) is 85.1 cm³/mol. The van der Waals surface area contributed by atoms with Gasteiger partial charge in [-0.1, -0.05) is 25.5 Å². The zero-order valence-corrected chi connectivity index (χ0v) is 13.8. The van der Waals surface area contributed by atoms with Gasteiger partial charge in [0.2, 0.25) is 0 Å². The van der Waals surface area contributed by atoms with Gasteiger partial charge in [0.05, 0.1) is 18.3 Å². The van der Waals surface area contributed by atoms with E-state index < -0.39 is 0 Å². The molecule has 0 aromatic carbocycles. The summed E-state index contributed by atoms with van der Waals surface area (Å²) in [7, 11) is 0. The summed E-state index contributed by atoms with van der Waals surface area (Å²) in [5.41, 5.74) is 1.45. The molecule has 4 aliphatic rings. The van der Waals surface area contributed by atoms with Gasteiger partial charge in [-0.2, -0.15) is 0 Å². The van der Waals surface area contributed by atoms with Gasteiger partial charge < -0.3 is 15.3 Å². The highest BCUT2D eigenvalue weighted by Crippen LogP contribution is 2.65. The average molecular weight is 306 g/mol. The second kappa shape index (κ2) is 4.81. The normalized spacial score (nSPS) is 57.6. The highest BCUT2D eigenvalue weighted by atomic mass is 16.3. The van der Waals surface area contributed by atoms with Crippen molar-refractivity contribution < 1.29 is 15.3 Å². The van der Waals surface area contributed by atoms with Crippen LogP contribution in [0.15, 0.2) is 11.6 Å². The largest absolute Gasteiger partial charge is 0.393 e. The number of hydrogen-bond donors (Lipinski definition) is 3. The van der Waals surface area contributed by atoms with Crippen LogP contribution in [-0.4, -0.2) is 33.6 Å². The fourth-order valence-corrected chi connectivity index (χ4v) is 6.65. The summed E-state index contributed by atoms with van der Waals surface area (Å²) in [5, 5.41) is 31.3. The van der Waals surface area contributed by atoms with E-state index in [9.17, 15) is 15.3 Å². The van der Waals surface area contributed by atoms with Crippen molar-refractivity contribution in [1.82, 2.24) is 0 Å². The zero-order valence-electron chi connectivity index (χ0n) is 13.8. The second-order valence-corrected chi connectivity index (χ2v) is 8.91. The Bertz CT molecular complexity index is 501. The number of aliphatic hydroxyl groups is 3. The molecule has 3 saturated carbocycles. The molecule has 124 valence electrons. The molecule has 0 bridgehead atoms. The molecule has 0 spiro atoms. The van der Waals surface area contributed by atoms with E-state index in [4.69, 9.17) is 0 Å². The van der Waals surface area contributed by atoms with Crippen molar-refractivity contribution in [2.45, 2.75) is 77.1 Å². The summed E-state index contributed by atoms with van der Waals surface area (Å²) in [5.74, 6) is 1.30. The van der Waals surface area contributed by atoms with Crippen LogP contribution in [0, 0.1) is 28.6 Å². The lowest BCUT2D eigenvalue weighted by Crippen LogP contribution is -2.56. The molecule has 4 aliphatic carbocycles. The molecular formula is C19H30O3.